The van der Waals surface area contributed by atoms with E-state index in [1.807, 2.05) is 0 Å². The Kier molecular flexibility index (Phi) is 6.69. The monoisotopic (exact) mass is 592 g/mol. The predicted molar refractivity (Wildman–Crippen MR) is 144 cm³/mol. The Balaban J connectivity index is 1.99. The zero-order valence-electron chi connectivity index (χ0n) is 22.8. The van der Waals surface area contributed by atoms with Crippen molar-refractivity contribution in [1.29, 1.82) is 0 Å². The Hall–Kier alpha value is -3.91. The second-order valence-electron chi connectivity index (χ2n) is 10.4. The first-order valence-corrected chi connectivity index (χ1v) is 14.5. The molecule has 2 aromatic heterocycles. The zero-order chi connectivity index (χ0) is 30.2. The number of primary amides is 1. The van der Waals surface area contributed by atoms with E-state index in [4.69, 9.17) is 15.0 Å². The van der Waals surface area contributed by atoms with Crippen LogP contribution in [-0.4, -0.2) is 65.8 Å². The van der Waals surface area contributed by atoms with Crippen LogP contribution in [0.5, 0.6) is 0 Å². The molecule has 218 valence electrons. The molecule has 3 heterocycles. The van der Waals surface area contributed by atoms with E-state index in [0.717, 1.165) is 6.26 Å². The second kappa shape index (κ2) is 9.58. The average molecular weight is 593 g/mol. The van der Waals surface area contributed by atoms with Crippen LogP contribution in [0.25, 0.3) is 32.9 Å². The van der Waals surface area contributed by atoms with Gasteiger partial charge in [0.1, 0.15) is 5.76 Å². The number of nitrogens with two attached hydrogens (primary N) is 1. The third-order valence-electron chi connectivity index (χ3n) is 7.10. The van der Waals surface area contributed by atoms with Gasteiger partial charge in [-0.15, -0.1) is 0 Å². The highest BCUT2D eigenvalue weighted by Gasteiger charge is 2.37. The summed E-state index contributed by atoms with van der Waals surface area (Å²) in [4.78, 5) is 28.1. The van der Waals surface area contributed by atoms with Gasteiger partial charge in [-0.05, 0) is 57.5 Å². The smallest absolute Gasteiger partial charge is 0.372 e. The summed E-state index contributed by atoms with van der Waals surface area (Å²) in [5, 5.41) is 3.92. The van der Waals surface area contributed by atoms with Crippen LogP contribution < -0.4 is 5.73 Å². The van der Waals surface area contributed by atoms with Crippen molar-refractivity contribution < 1.29 is 40.4 Å². The number of ether oxygens (including phenoxy) is 1. The maximum atomic E-state index is 14.2. The Bertz CT molecular complexity index is 1830. The fourth-order valence-corrected chi connectivity index (χ4v) is 6.68. The Morgan fingerprint density at radius 2 is 1.68 bits per heavy atom. The molecule has 1 fully saturated rings. The number of carbonyl (C=O) groups is 2. The van der Waals surface area contributed by atoms with E-state index in [1.165, 1.54) is 17.0 Å². The summed E-state index contributed by atoms with van der Waals surface area (Å²) in [5.41, 5.74) is 4.52. The molecule has 0 spiro atoms. The van der Waals surface area contributed by atoms with E-state index in [9.17, 15) is 31.2 Å². The molecule has 14 heteroatoms. The highest BCUT2D eigenvalue weighted by molar-refractivity contribution is 7.89. The molecule has 41 heavy (non-hydrogen) atoms. The first-order valence-electron chi connectivity index (χ1n) is 12.6. The predicted octanol–water partition coefficient (Wildman–Crippen LogP) is 4.24. The third-order valence-corrected chi connectivity index (χ3v) is 8.14. The molecule has 1 aliphatic rings. The molecule has 4 aromatic rings. The molecule has 0 aliphatic carbocycles. The number of amides is 2. The summed E-state index contributed by atoms with van der Waals surface area (Å²) in [5.74, 6) is -1.37. The van der Waals surface area contributed by atoms with Gasteiger partial charge in [0.05, 0.1) is 51.9 Å². The van der Waals surface area contributed by atoms with Gasteiger partial charge < -0.3 is 19.9 Å². The van der Waals surface area contributed by atoms with Crippen molar-refractivity contribution in [3.05, 3.63) is 52.4 Å². The van der Waals surface area contributed by atoms with Crippen LogP contribution in [0.4, 0.5) is 13.2 Å². The number of morpholine rings is 1. The van der Waals surface area contributed by atoms with Crippen LogP contribution >= 0.6 is 0 Å². The fourth-order valence-electron chi connectivity index (χ4n) is 5.65. The number of carbonyl (C=O) groups excluding carboxylic acids is 2. The van der Waals surface area contributed by atoms with Crippen molar-refractivity contribution in [2.24, 2.45) is 5.73 Å². The van der Waals surface area contributed by atoms with Crippen molar-refractivity contribution in [3.8, 4) is 11.1 Å². The minimum absolute atomic E-state index is 0.0585. The second-order valence-corrected chi connectivity index (χ2v) is 12.2. The van der Waals surface area contributed by atoms with E-state index in [1.54, 1.807) is 27.7 Å². The SMILES string of the molecule is Cc1noc(C)c1-c1cc(C(N)=O)c2c(c1)c1c(C(=O)N3CC(C)OC(C)C3)cc(C(F)(F)F)cc1n2S(C)(=O)=O. The van der Waals surface area contributed by atoms with Gasteiger partial charge in [-0.2, -0.15) is 13.2 Å². The first-order chi connectivity index (χ1) is 19.0. The standard InChI is InChI=1S/C27H27F3N4O6S/c1-12-10-33(11-13(2)39-12)26(36)19-8-17(27(28,29)30)9-21-23(19)18-6-16(22-14(3)32-40-15(22)4)7-20(25(31)35)24(18)34(21)41(5,37)38/h6-9,12-13H,10-11H2,1-5H3,(H2,31,35). The van der Waals surface area contributed by atoms with Crippen LogP contribution in [0.3, 0.4) is 0 Å². The van der Waals surface area contributed by atoms with Gasteiger partial charge in [0.15, 0.2) is 0 Å². The van der Waals surface area contributed by atoms with Crippen LogP contribution in [0.1, 0.15) is 51.6 Å². The lowest BCUT2D eigenvalue weighted by molar-refractivity contribution is -0.137. The zero-order valence-corrected chi connectivity index (χ0v) is 23.6. The van der Waals surface area contributed by atoms with E-state index in [-0.39, 0.29) is 52.7 Å². The Labute approximate surface area is 232 Å². The van der Waals surface area contributed by atoms with E-state index in [2.05, 4.69) is 5.16 Å². The molecular weight excluding hydrogens is 565 g/mol. The van der Waals surface area contributed by atoms with Gasteiger partial charge in [-0.25, -0.2) is 12.4 Å². The Morgan fingerprint density at radius 3 is 2.20 bits per heavy atom. The summed E-state index contributed by atoms with van der Waals surface area (Å²) in [6.45, 7) is 7.00. The summed E-state index contributed by atoms with van der Waals surface area (Å²) >= 11 is 0. The molecule has 1 aliphatic heterocycles. The van der Waals surface area contributed by atoms with Crippen LogP contribution in [0, 0.1) is 13.8 Å². The topological polar surface area (TPSA) is 138 Å². The van der Waals surface area contributed by atoms with Gasteiger partial charge in [0, 0.05) is 29.4 Å². The first kappa shape index (κ1) is 28.6. The van der Waals surface area contributed by atoms with Crippen molar-refractivity contribution in [2.45, 2.75) is 46.1 Å². The molecule has 2 atom stereocenters. The molecule has 2 amide bonds. The van der Waals surface area contributed by atoms with E-state index < -0.39 is 39.1 Å². The largest absolute Gasteiger partial charge is 0.416 e. The van der Waals surface area contributed by atoms with E-state index in [0.29, 0.717) is 38.7 Å². The normalized spacial score (nSPS) is 18.4. The van der Waals surface area contributed by atoms with Crippen molar-refractivity contribution in [1.82, 2.24) is 14.0 Å². The summed E-state index contributed by atoms with van der Waals surface area (Å²) in [6.07, 6.45) is -4.88. The maximum absolute atomic E-state index is 14.2. The molecule has 2 aromatic carbocycles. The lowest BCUT2D eigenvalue weighted by Gasteiger charge is -2.35. The van der Waals surface area contributed by atoms with Crippen molar-refractivity contribution >= 4 is 43.6 Å². The molecule has 2 N–H and O–H groups in total. The van der Waals surface area contributed by atoms with Crippen molar-refractivity contribution in [2.75, 3.05) is 19.3 Å². The number of aromatic nitrogens is 2. The number of hydrogen-bond donors (Lipinski definition) is 1. The molecular formula is C27H27F3N4O6S. The molecule has 0 bridgehead atoms. The summed E-state index contributed by atoms with van der Waals surface area (Å²) in [7, 11) is -4.33. The number of hydrogen-bond acceptors (Lipinski definition) is 7. The maximum Gasteiger partial charge on any atom is 0.416 e. The molecule has 2 unspecified atom stereocenters. The van der Waals surface area contributed by atoms with Gasteiger partial charge in [0.25, 0.3) is 11.8 Å². The summed E-state index contributed by atoms with van der Waals surface area (Å²) in [6, 6.07) is 4.23. The number of benzene rings is 2. The van der Waals surface area contributed by atoms with Crippen LogP contribution in [0.15, 0.2) is 28.8 Å². The van der Waals surface area contributed by atoms with E-state index >= 15 is 0 Å². The number of rotatable bonds is 4. The van der Waals surface area contributed by atoms with Gasteiger partial charge >= 0.3 is 6.18 Å². The minimum atomic E-state index is -4.91. The third kappa shape index (κ3) is 4.84. The molecule has 0 radical (unpaired) electrons. The number of fused-ring (bicyclic) bond motifs is 3. The quantitative estimate of drug-likeness (QED) is 0.374. The average Bonchev–Trinajstić information content (AvgIpc) is 3.37. The van der Waals surface area contributed by atoms with Crippen molar-refractivity contribution in [3.63, 3.8) is 0 Å². The number of nitrogens with zero attached hydrogens (tertiary/aromatic N) is 3. The summed E-state index contributed by atoms with van der Waals surface area (Å²) < 4.78 is 80.4. The lowest BCUT2D eigenvalue weighted by Crippen LogP contribution is -2.48. The highest BCUT2D eigenvalue weighted by Crippen LogP contribution is 2.42. The van der Waals surface area contributed by atoms with Crippen LogP contribution in [-0.2, 0) is 20.9 Å². The number of aryl methyl sites for hydroxylation is 2. The molecule has 10 nitrogen and oxygen atoms in total. The number of halogens is 3. The lowest BCUT2D eigenvalue weighted by atomic mass is 9.95. The molecule has 0 saturated carbocycles. The minimum Gasteiger partial charge on any atom is -0.372 e. The van der Waals surface area contributed by atoms with Gasteiger partial charge in [-0.3, -0.25) is 9.59 Å². The van der Waals surface area contributed by atoms with Crippen LogP contribution in [0.2, 0.25) is 0 Å². The fraction of sp³-hybridized carbons (Fsp3) is 0.370. The molecule has 1 saturated heterocycles. The van der Waals surface area contributed by atoms with Gasteiger partial charge in [0.2, 0.25) is 10.0 Å². The highest BCUT2D eigenvalue weighted by atomic mass is 32.2. The number of alkyl halides is 3. The molecule has 5 rings (SSSR count). The van der Waals surface area contributed by atoms with Gasteiger partial charge in [-0.1, -0.05) is 5.16 Å². The Morgan fingerprint density at radius 1 is 1.05 bits per heavy atom.